The average Bonchev–Trinajstić information content (AvgIpc) is 2.38. The predicted molar refractivity (Wildman–Crippen MR) is 69.5 cm³/mol. The summed E-state index contributed by atoms with van der Waals surface area (Å²) < 4.78 is 37.3. The molecule has 2 heterocycles. The van der Waals surface area contributed by atoms with Crippen molar-refractivity contribution in [3.63, 3.8) is 0 Å². The quantitative estimate of drug-likeness (QED) is 0.369. The van der Waals surface area contributed by atoms with Gasteiger partial charge in [-0.3, -0.25) is 0 Å². The van der Waals surface area contributed by atoms with E-state index in [2.05, 4.69) is 76.0 Å². The number of aryl methyl sites for hydroxylation is 1. The summed E-state index contributed by atoms with van der Waals surface area (Å²) in [5.74, 6) is 0. The fourth-order valence-corrected chi connectivity index (χ4v) is 2.50. The van der Waals surface area contributed by atoms with E-state index in [0.717, 1.165) is 4.47 Å². The summed E-state index contributed by atoms with van der Waals surface area (Å²) in [5, 5.41) is 2.57. The summed E-state index contributed by atoms with van der Waals surface area (Å²) in [6.45, 7) is 2.17. The van der Waals surface area contributed by atoms with E-state index >= 15 is 0 Å². The van der Waals surface area contributed by atoms with Crippen molar-refractivity contribution >= 4 is 32.2 Å². The number of halogens is 2. The summed E-state index contributed by atoms with van der Waals surface area (Å²) in [5.41, 5.74) is 2.58. The molecule has 110 valence electrons. The maximum Gasteiger partial charge on any atom is 0.214 e. The molecular weight excluding hydrogens is 362 g/mol. The summed E-state index contributed by atoms with van der Waals surface area (Å²) in [7, 11) is -4.94. The summed E-state index contributed by atoms with van der Waals surface area (Å²) in [6.07, 6.45) is 4.26. The Morgan fingerprint density at radius 2 is 1.71 bits per heavy atom. The lowest BCUT2D eigenvalue weighted by Gasteiger charge is -2.17. The van der Waals surface area contributed by atoms with Crippen LogP contribution >= 0.6 is 15.9 Å². The van der Waals surface area contributed by atoms with Crippen molar-refractivity contribution in [3.8, 4) is 0 Å². The van der Waals surface area contributed by atoms with Crippen LogP contribution in [-0.2, 0) is 0 Å². The lowest BCUT2D eigenvalue weighted by Crippen LogP contribution is -2.68. The zero-order chi connectivity index (χ0) is 15.6. The highest BCUT2D eigenvalue weighted by Gasteiger charge is 2.09. The number of benzene rings is 1. The zero-order valence-corrected chi connectivity index (χ0v) is 13.3. The van der Waals surface area contributed by atoms with Gasteiger partial charge in [-0.1, -0.05) is 15.9 Å². The van der Waals surface area contributed by atoms with Gasteiger partial charge < -0.3 is 0 Å². The highest BCUT2D eigenvalue weighted by Crippen LogP contribution is 2.23. The van der Waals surface area contributed by atoms with E-state index < -0.39 is 10.2 Å². The lowest BCUT2D eigenvalue weighted by atomic mass is 10.1. The fraction of sp³-hybridized carbons (Fsp3) is 0.0714. The topological polar surface area (TPSA) is 96.3 Å². The minimum Gasteiger partial charge on any atom is -0.222 e. The fourth-order valence-electron chi connectivity index (χ4n) is 2.14. The molecule has 0 bridgehead atoms. The second-order valence-electron chi connectivity index (χ2n) is 4.36. The maximum absolute atomic E-state index is 8.49. The first-order chi connectivity index (χ1) is 9.75. The molecule has 1 aromatic carbocycles. The number of hydrogen-bond donors (Lipinski definition) is 0. The first-order valence-corrected chi connectivity index (χ1v) is 7.89. The van der Waals surface area contributed by atoms with Gasteiger partial charge in [0.15, 0.2) is 12.4 Å². The predicted octanol–water partition coefficient (Wildman–Crippen LogP) is -1.11. The van der Waals surface area contributed by atoms with Gasteiger partial charge in [-0.05, 0) is 36.6 Å². The van der Waals surface area contributed by atoms with Crippen LogP contribution in [0.4, 0.5) is 0 Å². The molecule has 0 fully saturated rings. The van der Waals surface area contributed by atoms with Gasteiger partial charge in [-0.15, -0.1) is 10.2 Å². The van der Waals surface area contributed by atoms with Crippen LogP contribution in [0.3, 0.4) is 0 Å². The van der Waals surface area contributed by atoms with E-state index in [4.69, 9.17) is 18.6 Å². The first kappa shape index (κ1) is 16.1. The van der Waals surface area contributed by atoms with Crippen molar-refractivity contribution in [2.45, 2.75) is 6.92 Å². The standard InChI is InChI=1S/C14H11BrN.ClHO4/c1-10-13-8-12(15)6-5-11(13)9-16-7-3-2-4-14(10)16;2-1(3,4)5/h2-9H,1H3;(H,2,3,4,5)/q+1;/p-1. The number of pyridine rings is 2. The van der Waals surface area contributed by atoms with Crippen molar-refractivity contribution in [1.29, 1.82) is 0 Å². The Bertz CT molecular complexity index is 783. The van der Waals surface area contributed by atoms with Gasteiger partial charge in [-0.2, -0.15) is 4.40 Å². The minimum atomic E-state index is -4.94. The van der Waals surface area contributed by atoms with Crippen LogP contribution in [0.25, 0.3) is 16.3 Å². The van der Waals surface area contributed by atoms with Gasteiger partial charge in [0, 0.05) is 27.6 Å². The second kappa shape index (κ2) is 6.23. The molecule has 0 amide bonds. The molecule has 3 rings (SSSR count). The molecule has 3 aromatic rings. The van der Waals surface area contributed by atoms with Crippen LogP contribution in [0.5, 0.6) is 0 Å². The van der Waals surface area contributed by atoms with Crippen molar-refractivity contribution in [3.05, 3.63) is 58.8 Å². The molecule has 0 saturated carbocycles. The van der Waals surface area contributed by atoms with Crippen molar-refractivity contribution in [2.24, 2.45) is 0 Å². The molecular formula is C14H11BrClNO4. The molecule has 0 aliphatic heterocycles. The van der Waals surface area contributed by atoms with E-state index in [9.17, 15) is 0 Å². The molecule has 21 heavy (non-hydrogen) atoms. The third-order valence-corrected chi connectivity index (χ3v) is 3.47. The molecule has 0 radical (unpaired) electrons. The monoisotopic (exact) mass is 371 g/mol. The summed E-state index contributed by atoms with van der Waals surface area (Å²) in [4.78, 5) is 0. The van der Waals surface area contributed by atoms with E-state index in [1.807, 2.05) is 0 Å². The minimum absolute atomic E-state index is 1.13. The molecule has 0 aliphatic carbocycles. The van der Waals surface area contributed by atoms with E-state index in [1.165, 1.54) is 21.9 Å². The summed E-state index contributed by atoms with van der Waals surface area (Å²) >= 11 is 3.52. The van der Waals surface area contributed by atoms with Gasteiger partial charge >= 0.3 is 0 Å². The number of rotatable bonds is 0. The van der Waals surface area contributed by atoms with Gasteiger partial charge in [-0.25, -0.2) is 18.6 Å². The number of fused-ring (bicyclic) bond motifs is 2. The van der Waals surface area contributed by atoms with Crippen LogP contribution in [-0.4, -0.2) is 0 Å². The van der Waals surface area contributed by atoms with Crippen molar-refractivity contribution in [2.75, 3.05) is 0 Å². The van der Waals surface area contributed by atoms with Crippen molar-refractivity contribution < 1.29 is 33.3 Å². The Kier molecular flexibility index (Phi) is 4.77. The maximum atomic E-state index is 8.49. The van der Waals surface area contributed by atoms with Crippen LogP contribution in [0.15, 0.2) is 53.3 Å². The molecule has 0 aliphatic rings. The van der Waals surface area contributed by atoms with Crippen molar-refractivity contribution in [1.82, 2.24) is 0 Å². The van der Waals surface area contributed by atoms with Crippen LogP contribution < -0.4 is 23.0 Å². The summed E-state index contributed by atoms with van der Waals surface area (Å²) in [6, 6.07) is 12.7. The molecule has 0 spiro atoms. The van der Waals surface area contributed by atoms with Gasteiger partial charge in [0.25, 0.3) is 0 Å². The van der Waals surface area contributed by atoms with Gasteiger partial charge in [0.2, 0.25) is 5.52 Å². The van der Waals surface area contributed by atoms with Crippen LogP contribution in [0, 0.1) is 17.2 Å². The normalized spacial score (nSPS) is 11.3. The molecule has 0 atom stereocenters. The third-order valence-electron chi connectivity index (χ3n) is 2.97. The highest BCUT2D eigenvalue weighted by molar-refractivity contribution is 9.10. The Labute approximate surface area is 131 Å². The Balaban J connectivity index is 0.000000282. The van der Waals surface area contributed by atoms with E-state index in [-0.39, 0.29) is 0 Å². The van der Waals surface area contributed by atoms with Crippen LogP contribution in [0.1, 0.15) is 5.56 Å². The van der Waals surface area contributed by atoms with E-state index in [0.29, 0.717) is 0 Å². The largest absolute Gasteiger partial charge is 0.222 e. The number of nitrogens with zero attached hydrogens (tertiary/aromatic N) is 1. The van der Waals surface area contributed by atoms with Gasteiger partial charge in [0.05, 0.1) is 0 Å². The first-order valence-electron chi connectivity index (χ1n) is 5.86. The molecule has 7 heteroatoms. The molecule has 2 aromatic heterocycles. The van der Waals surface area contributed by atoms with Crippen LogP contribution in [0.2, 0.25) is 0 Å². The van der Waals surface area contributed by atoms with Gasteiger partial charge in [0.1, 0.15) is 0 Å². The number of aromatic nitrogens is 1. The highest BCUT2D eigenvalue weighted by atomic mass is 79.9. The molecule has 0 saturated heterocycles. The molecule has 0 N–H and O–H groups in total. The Morgan fingerprint density at radius 3 is 2.38 bits per heavy atom. The SMILES string of the molecule is Cc1c2cc(Br)ccc2c[n+]2ccccc12.[O-][Cl+3]([O-])([O-])[O-]. The Morgan fingerprint density at radius 1 is 1.05 bits per heavy atom. The second-order valence-corrected chi connectivity index (χ2v) is 6.03. The van der Waals surface area contributed by atoms with E-state index in [1.54, 1.807) is 0 Å². The Hall–Kier alpha value is -1.28. The average molecular weight is 373 g/mol. The third kappa shape index (κ3) is 4.34. The lowest BCUT2D eigenvalue weighted by molar-refractivity contribution is -2.00. The molecule has 0 unspecified atom stereocenters. The smallest absolute Gasteiger partial charge is 0.214 e. The zero-order valence-electron chi connectivity index (χ0n) is 11.0. The molecule has 5 nitrogen and oxygen atoms in total. The number of hydrogen-bond acceptors (Lipinski definition) is 4.